The summed E-state index contributed by atoms with van der Waals surface area (Å²) in [6.45, 7) is 10.7. The van der Waals surface area contributed by atoms with E-state index in [1.165, 1.54) is 4.90 Å². The number of carboxylic acids is 1. The van der Waals surface area contributed by atoms with Crippen LogP contribution in [0.25, 0.3) is 0 Å². The van der Waals surface area contributed by atoms with Crippen molar-refractivity contribution < 1.29 is 14.7 Å². The molecule has 1 fully saturated rings. The van der Waals surface area contributed by atoms with Crippen LogP contribution >= 0.6 is 0 Å². The number of urea groups is 1. The van der Waals surface area contributed by atoms with Gasteiger partial charge in [-0.25, -0.2) is 4.79 Å². The molecule has 6 nitrogen and oxygen atoms in total. The van der Waals surface area contributed by atoms with Crippen molar-refractivity contribution in [1.82, 2.24) is 14.7 Å². The van der Waals surface area contributed by atoms with Crippen LogP contribution in [0.2, 0.25) is 0 Å². The fraction of sp³-hybridized carbons (Fsp3) is 0.692. The lowest BCUT2D eigenvalue weighted by molar-refractivity contribution is -0.137. The van der Waals surface area contributed by atoms with Crippen molar-refractivity contribution in [3.8, 4) is 0 Å². The Balaban J connectivity index is 2.56. The number of carbonyl (C=O) groups is 2. The van der Waals surface area contributed by atoms with E-state index in [9.17, 15) is 9.59 Å². The number of amides is 2. The first-order chi connectivity index (χ1) is 8.95. The van der Waals surface area contributed by atoms with E-state index in [1.807, 2.05) is 0 Å². The highest BCUT2D eigenvalue weighted by atomic mass is 16.4. The first-order valence-corrected chi connectivity index (χ1v) is 6.56. The maximum atomic E-state index is 12.2. The minimum atomic E-state index is -1.00. The Labute approximate surface area is 114 Å². The highest BCUT2D eigenvalue weighted by molar-refractivity contribution is 5.80. The Bertz CT molecular complexity index is 336. The molecular formula is C13H23N3O3. The van der Waals surface area contributed by atoms with Gasteiger partial charge in [0, 0.05) is 38.8 Å². The number of carbonyl (C=O) groups excluding carboxylic acids is 1. The van der Waals surface area contributed by atoms with Gasteiger partial charge in [0.2, 0.25) is 0 Å². The third-order valence-electron chi connectivity index (χ3n) is 3.26. The van der Waals surface area contributed by atoms with Crippen LogP contribution in [0, 0.1) is 0 Å². The summed E-state index contributed by atoms with van der Waals surface area (Å²) in [5.41, 5.74) is 0. The monoisotopic (exact) mass is 269 g/mol. The molecule has 2 amide bonds. The molecule has 0 saturated carbocycles. The van der Waals surface area contributed by atoms with Crippen molar-refractivity contribution >= 4 is 12.0 Å². The second kappa shape index (κ2) is 7.13. The predicted octanol–water partition coefficient (Wildman–Crippen LogP) is 0.705. The topological polar surface area (TPSA) is 64.1 Å². The summed E-state index contributed by atoms with van der Waals surface area (Å²) in [7, 11) is 0. The molecule has 1 heterocycles. The highest BCUT2D eigenvalue weighted by Crippen LogP contribution is 2.08. The van der Waals surface area contributed by atoms with E-state index in [0.29, 0.717) is 19.1 Å². The Kier molecular flexibility index (Phi) is 5.82. The molecule has 1 aliphatic heterocycles. The van der Waals surface area contributed by atoms with E-state index < -0.39 is 5.97 Å². The fourth-order valence-corrected chi connectivity index (χ4v) is 2.16. The minimum Gasteiger partial charge on any atom is -0.480 e. The molecular weight excluding hydrogens is 246 g/mol. The Morgan fingerprint density at radius 1 is 1.32 bits per heavy atom. The van der Waals surface area contributed by atoms with E-state index >= 15 is 0 Å². The third kappa shape index (κ3) is 4.55. The van der Waals surface area contributed by atoms with Gasteiger partial charge in [0.15, 0.2) is 0 Å². The van der Waals surface area contributed by atoms with Gasteiger partial charge >= 0.3 is 12.0 Å². The predicted molar refractivity (Wildman–Crippen MR) is 73.1 cm³/mol. The molecule has 0 aromatic heterocycles. The van der Waals surface area contributed by atoms with Gasteiger partial charge in [-0.05, 0) is 13.8 Å². The summed E-state index contributed by atoms with van der Waals surface area (Å²) < 4.78 is 0. The molecule has 19 heavy (non-hydrogen) atoms. The van der Waals surface area contributed by atoms with Gasteiger partial charge in [-0.2, -0.15) is 0 Å². The Morgan fingerprint density at radius 2 is 1.89 bits per heavy atom. The number of nitrogens with zero attached hydrogens (tertiary/aromatic N) is 3. The summed E-state index contributed by atoms with van der Waals surface area (Å²) in [4.78, 5) is 28.3. The second-order valence-corrected chi connectivity index (χ2v) is 4.96. The van der Waals surface area contributed by atoms with Gasteiger partial charge < -0.3 is 14.9 Å². The van der Waals surface area contributed by atoms with Crippen molar-refractivity contribution in [3.05, 3.63) is 12.7 Å². The summed E-state index contributed by atoms with van der Waals surface area (Å²) >= 11 is 0. The van der Waals surface area contributed by atoms with Crippen molar-refractivity contribution in [3.63, 3.8) is 0 Å². The third-order valence-corrected chi connectivity index (χ3v) is 3.26. The lowest BCUT2D eigenvalue weighted by Gasteiger charge is -2.38. The van der Waals surface area contributed by atoms with Crippen molar-refractivity contribution in [2.45, 2.75) is 19.9 Å². The number of aliphatic carboxylic acids is 1. The van der Waals surface area contributed by atoms with Crippen molar-refractivity contribution in [1.29, 1.82) is 0 Å². The number of hydrogen-bond acceptors (Lipinski definition) is 3. The van der Waals surface area contributed by atoms with Crippen LogP contribution in [-0.2, 0) is 4.79 Å². The average Bonchev–Trinajstić information content (AvgIpc) is 2.37. The molecule has 1 N–H and O–H groups in total. The molecule has 0 bridgehead atoms. The number of hydrogen-bond donors (Lipinski definition) is 1. The summed E-state index contributed by atoms with van der Waals surface area (Å²) in [6, 6.07) is 0.256. The molecule has 0 aromatic carbocycles. The molecule has 6 heteroatoms. The zero-order valence-corrected chi connectivity index (χ0v) is 11.7. The smallest absolute Gasteiger partial charge is 0.323 e. The van der Waals surface area contributed by atoms with Crippen LogP contribution < -0.4 is 0 Å². The molecule has 1 rings (SSSR count). The van der Waals surface area contributed by atoms with Crippen molar-refractivity contribution in [2.75, 3.05) is 39.3 Å². The molecule has 0 unspecified atom stereocenters. The number of carboxylic acid groups (broad SMARTS) is 1. The number of rotatable bonds is 5. The molecule has 1 aliphatic rings. The SMILES string of the molecule is C=CCN(CC(=O)O)C(=O)N1CCN(C(C)C)CC1. The fourth-order valence-electron chi connectivity index (χ4n) is 2.16. The average molecular weight is 269 g/mol. The first-order valence-electron chi connectivity index (χ1n) is 6.56. The van der Waals surface area contributed by atoms with E-state index in [1.54, 1.807) is 11.0 Å². The molecule has 0 aliphatic carbocycles. The number of piperazine rings is 1. The molecule has 108 valence electrons. The maximum Gasteiger partial charge on any atom is 0.323 e. The molecule has 1 saturated heterocycles. The van der Waals surface area contributed by atoms with Crippen LogP contribution in [0.4, 0.5) is 4.79 Å². The molecule has 0 aromatic rings. The van der Waals surface area contributed by atoms with Gasteiger partial charge in [0.25, 0.3) is 0 Å². The van der Waals surface area contributed by atoms with E-state index in [4.69, 9.17) is 5.11 Å². The summed E-state index contributed by atoms with van der Waals surface area (Å²) in [5.74, 6) is -1.00. The Hall–Kier alpha value is -1.56. The largest absolute Gasteiger partial charge is 0.480 e. The van der Waals surface area contributed by atoms with E-state index in [2.05, 4.69) is 25.3 Å². The molecule has 0 radical (unpaired) electrons. The minimum absolute atomic E-state index is 0.217. The summed E-state index contributed by atoms with van der Waals surface area (Å²) in [6.07, 6.45) is 1.55. The molecule has 0 atom stereocenters. The maximum absolute atomic E-state index is 12.2. The zero-order valence-electron chi connectivity index (χ0n) is 11.7. The van der Waals surface area contributed by atoms with Crippen LogP contribution in [0.3, 0.4) is 0 Å². The van der Waals surface area contributed by atoms with Gasteiger partial charge in [-0.3, -0.25) is 9.69 Å². The lowest BCUT2D eigenvalue weighted by atomic mass is 10.2. The molecule has 0 spiro atoms. The van der Waals surface area contributed by atoms with Crippen LogP contribution in [0.1, 0.15) is 13.8 Å². The van der Waals surface area contributed by atoms with Crippen LogP contribution in [0.15, 0.2) is 12.7 Å². The standard InChI is InChI=1S/C13H23N3O3/c1-4-5-16(10-12(17)18)13(19)15-8-6-14(7-9-15)11(2)3/h4,11H,1,5-10H2,2-3H3,(H,17,18). The van der Waals surface area contributed by atoms with Gasteiger partial charge in [-0.15, -0.1) is 6.58 Å². The zero-order chi connectivity index (χ0) is 14.4. The Morgan fingerprint density at radius 3 is 2.32 bits per heavy atom. The normalized spacial score (nSPS) is 16.5. The van der Waals surface area contributed by atoms with E-state index in [-0.39, 0.29) is 19.1 Å². The van der Waals surface area contributed by atoms with Crippen molar-refractivity contribution in [2.24, 2.45) is 0 Å². The lowest BCUT2D eigenvalue weighted by Crippen LogP contribution is -2.54. The van der Waals surface area contributed by atoms with E-state index in [0.717, 1.165) is 13.1 Å². The van der Waals surface area contributed by atoms with Crippen LogP contribution in [-0.4, -0.2) is 77.1 Å². The van der Waals surface area contributed by atoms with Gasteiger partial charge in [0.05, 0.1) is 0 Å². The van der Waals surface area contributed by atoms with Gasteiger partial charge in [0.1, 0.15) is 6.54 Å². The quantitative estimate of drug-likeness (QED) is 0.746. The van der Waals surface area contributed by atoms with Crippen LogP contribution in [0.5, 0.6) is 0 Å². The first kappa shape index (κ1) is 15.5. The summed E-state index contributed by atoms with van der Waals surface area (Å²) in [5, 5.41) is 8.82. The highest BCUT2D eigenvalue weighted by Gasteiger charge is 2.26. The second-order valence-electron chi connectivity index (χ2n) is 4.96. The van der Waals surface area contributed by atoms with Gasteiger partial charge in [-0.1, -0.05) is 6.08 Å².